The molecular weight excluding hydrogens is 318 g/mol. The number of carbonyl (C=O) groups excluding carboxylic acids is 1. The third-order valence-electron chi connectivity index (χ3n) is 4.42. The quantitative estimate of drug-likeness (QED) is 0.732. The minimum Gasteiger partial charge on any atom is -0.378 e. The molecule has 0 atom stereocenters. The van der Waals surface area contributed by atoms with Gasteiger partial charge in [-0.1, -0.05) is 47.6 Å². The Labute approximate surface area is 145 Å². The SMILES string of the molecule is O=C(CCc1nc(-c2cccc3ccccc23)no1)N1CCOCC1. The summed E-state index contributed by atoms with van der Waals surface area (Å²) in [6, 6.07) is 14.1. The number of carbonyl (C=O) groups is 1. The Morgan fingerprint density at radius 3 is 2.76 bits per heavy atom. The Hall–Kier alpha value is -2.73. The fourth-order valence-electron chi connectivity index (χ4n) is 3.07. The van der Waals surface area contributed by atoms with Crippen molar-refractivity contribution in [3.63, 3.8) is 0 Å². The van der Waals surface area contributed by atoms with Crippen molar-refractivity contribution < 1.29 is 14.1 Å². The molecule has 0 bridgehead atoms. The van der Waals surface area contributed by atoms with E-state index in [9.17, 15) is 4.79 Å². The Kier molecular flexibility index (Phi) is 4.43. The normalized spacial score (nSPS) is 14.8. The zero-order chi connectivity index (χ0) is 17.1. The molecule has 2 heterocycles. The van der Waals surface area contributed by atoms with Crippen LogP contribution in [0.1, 0.15) is 12.3 Å². The molecule has 1 aliphatic rings. The van der Waals surface area contributed by atoms with Gasteiger partial charge in [0.1, 0.15) is 0 Å². The van der Waals surface area contributed by atoms with Crippen LogP contribution in [0.15, 0.2) is 47.0 Å². The van der Waals surface area contributed by atoms with Crippen molar-refractivity contribution in [3.8, 4) is 11.4 Å². The summed E-state index contributed by atoms with van der Waals surface area (Å²) in [7, 11) is 0. The number of fused-ring (bicyclic) bond motifs is 1. The summed E-state index contributed by atoms with van der Waals surface area (Å²) in [5, 5.41) is 6.31. The van der Waals surface area contributed by atoms with Gasteiger partial charge >= 0.3 is 0 Å². The Bertz CT molecular complexity index is 879. The van der Waals surface area contributed by atoms with Gasteiger partial charge in [-0.3, -0.25) is 4.79 Å². The number of amides is 1. The van der Waals surface area contributed by atoms with Gasteiger partial charge in [0.2, 0.25) is 17.6 Å². The highest BCUT2D eigenvalue weighted by Crippen LogP contribution is 2.26. The molecule has 2 aromatic carbocycles. The average molecular weight is 337 g/mol. The Morgan fingerprint density at radius 2 is 1.88 bits per heavy atom. The van der Waals surface area contributed by atoms with E-state index in [-0.39, 0.29) is 5.91 Å². The first kappa shape index (κ1) is 15.8. The molecule has 0 N–H and O–H groups in total. The molecule has 3 aromatic rings. The predicted octanol–water partition coefficient (Wildman–Crippen LogP) is 2.68. The van der Waals surface area contributed by atoms with Crippen LogP contribution in [0.3, 0.4) is 0 Å². The number of aryl methyl sites for hydroxylation is 1. The number of morpholine rings is 1. The molecule has 128 valence electrons. The first-order valence-electron chi connectivity index (χ1n) is 8.47. The van der Waals surface area contributed by atoms with Crippen LogP contribution in [0.4, 0.5) is 0 Å². The van der Waals surface area contributed by atoms with Crippen molar-refractivity contribution in [1.82, 2.24) is 15.0 Å². The molecule has 0 unspecified atom stereocenters. The monoisotopic (exact) mass is 337 g/mol. The van der Waals surface area contributed by atoms with Gasteiger partial charge in [-0.25, -0.2) is 0 Å². The van der Waals surface area contributed by atoms with E-state index < -0.39 is 0 Å². The lowest BCUT2D eigenvalue weighted by Crippen LogP contribution is -2.40. The van der Waals surface area contributed by atoms with Crippen LogP contribution in [0.2, 0.25) is 0 Å². The van der Waals surface area contributed by atoms with Crippen molar-refractivity contribution in [2.24, 2.45) is 0 Å². The molecule has 1 fully saturated rings. The molecule has 1 saturated heterocycles. The second-order valence-electron chi connectivity index (χ2n) is 6.03. The number of hydrogen-bond donors (Lipinski definition) is 0. The summed E-state index contributed by atoms with van der Waals surface area (Å²) >= 11 is 0. The molecule has 0 saturated carbocycles. The minimum absolute atomic E-state index is 0.105. The van der Waals surface area contributed by atoms with Crippen LogP contribution >= 0.6 is 0 Å². The summed E-state index contributed by atoms with van der Waals surface area (Å²) < 4.78 is 10.6. The second-order valence-corrected chi connectivity index (χ2v) is 6.03. The first-order valence-corrected chi connectivity index (χ1v) is 8.47. The topological polar surface area (TPSA) is 68.5 Å². The third kappa shape index (κ3) is 3.39. The number of benzene rings is 2. The maximum absolute atomic E-state index is 12.2. The molecule has 0 radical (unpaired) electrons. The minimum atomic E-state index is 0.105. The summed E-state index contributed by atoms with van der Waals surface area (Å²) in [6.07, 6.45) is 0.825. The van der Waals surface area contributed by atoms with E-state index in [0.717, 1.165) is 16.3 Å². The first-order chi connectivity index (χ1) is 12.3. The van der Waals surface area contributed by atoms with Gasteiger partial charge in [-0.2, -0.15) is 4.98 Å². The molecule has 1 aromatic heterocycles. The van der Waals surface area contributed by atoms with E-state index >= 15 is 0 Å². The standard InChI is InChI=1S/C19H19N3O3/c23-18(22-10-12-24-13-11-22)9-8-17-20-19(21-25-17)16-7-3-5-14-4-1-2-6-15(14)16/h1-7H,8-13H2. The van der Waals surface area contributed by atoms with Gasteiger partial charge in [0.05, 0.1) is 13.2 Å². The maximum atomic E-state index is 12.2. The van der Waals surface area contributed by atoms with Crippen molar-refractivity contribution in [3.05, 3.63) is 48.4 Å². The Balaban J connectivity index is 1.47. The summed E-state index contributed by atoms with van der Waals surface area (Å²) in [6.45, 7) is 2.53. The summed E-state index contributed by atoms with van der Waals surface area (Å²) in [5.74, 6) is 1.16. The second kappa shape index (κ2) is 7.03. The molecule has 6 heteroatoms. The summed E-state index contributed by atoms with van der Waals surface area (Å²) in [5.41, 5.74) is 0.938. The van der Waals surface area contributed by atoms with Gasteiger partial charge in [0, 0.05) is 31.5 Å². The third-order valence-corrected chi connectivity index (χ3v) is 4.42. The number of ether oxygens (including phenoxy) is 1. The average Bonchev–Trinajstić information content (AvgIpc) is 3.15. The molecule has 25 heavy (non-hydrogen) atoms. The fraction of sp³-hybridized carbons (Fsp3) is 0.316. The largest absolute Gasteiger partial charge is 0.378 e. The van der Waals surface area contributed by atoms with E-state index in [2.05, 4.69) is 22.3 Å². The van der Waals surface area contributed by atoms with E-state index in [4.69, 9.17) is 9.26 Å². The zero-order valence-electron chi connectivity index (χ0n) is 13.9. The molecule has 0 spiro atoms. The van der Waals surface area contributed by atoms with E-state index in [1.54, 1.807) is 0 Å². The lowest BCUT2D eigenvalue weighted by Gasteiger charge is -2.26. The van der Waals surface area contributed by atoms with Gasteiger partial charge in [-0.05, 0) is 10.8 Å². The lowest BCUT2D eigenvalue weighted by molar-refractivity contribution is -0.135. The van der Waals surface area contributed by atoms with Crippen molar-refractivity contribution in [2.45, 2.75) is 12.8 Å². The van der Waals surface area contributed by atoms with Crippen molar-refractivity contribution >= 4 is 16.7 Å². The number of nitrogens with zero attached hydrogens (tertiary/aromatic N) is 3. The van der Waals surface area contributed by atoms with E-state index in [1.807, 2.05) is 35.2 Å². The van der Waals surface area contributed by atoms with Crippen LogP contribution in [0.5, 0.6) is 0 Å². The molecule has 6 nitrogen and oxygen atoms in total. The fourth-order valence-corrected chi connectivity index (χ4v) is 3.07. The van der Waals surface area contributed by atoms with Crippen LogP contribution in [0, 0.1) is 0 Å². The van der Waals surface area contributed by atoms with Crippen LogP contribution in [0.25, 0.3) is 22.2 Å². The van der Waals surface area contributed by atoms with Crippen LogP contribution in [-0.2, 0) is 16.0 Å². The maximum Gasteiger partial charge on any atom is 0.227 e. The highest BCUT2D eigenvalue weighted by molar-refractivity contribution is 5.94. The lowest BCUT2D eigenvalue weighted by atomic mass is 10.0. The van der Waals surface area contributed by atoms with Gasteiger partial charge < -0.3 is 14.2 Å². The van der Waals surface area contributed by atoms with Gasteiger partial charge in [-0.15, -0.1) is 0 Å². The Morgan fingerprint density at radius 1 is 1.08 bits per heavy atom. The zero-order valence-corrected chi connectivity index (χ0v) is 13.9. The highest BCUT2D eigenvalue weighted by atomic mass is 16.5. The predicted molar refractivity (Wildman–Crippen MR) is 93.0 cm³/mol. The van der Waals surface area contributed by atoms with Crippen molar-refractivity contribution in [2.75, 3.05) is 26.3 Å². The van der Waals surface area contributed by atoms with Gasteiger partial charge in [0.15, 0.2) is 0 Å². The number of hydrogen-bond acceptors (Lipinski definition) is 5. The van der Waals surface area contributed by atoms with Gasteiger partial charge in [0.25, 0.3) is 0 Å². The van der Waals surface area contributed by atoms with E-state index in [0.29, 0.717) is 50.9 Å². The number of rotatable bonds is 4. The molecule has 4 rings (SSSR count). The van der Waals surface area contributed by atoms with Crippen molar-refractivity contribution in [1.29, 1.82) is 0 Å². The molecular formula is C19H19N3O3. The number of aromatic nitrogens is 2. The molecule has 1 amide bonds. The van der Waals surface area contributed by atoms with E-state index in [1.165, 1.54) is 0 Å². The molecule has 0 aliphatic carbocycles. The van der Waals surface area contributed by atoms with Crippen LogP contribution in [-0.4, -0.2) is 47.3 Å². The smallest absolute Gasteiger partial charge is 0.227 e. The van der Waals surface area contributed by atoms with Crippen LogP contribution < -0.4 is 0 Å². The highest BCUT2D eigenvalue weighted by Gasteiger charge is 2.18. The summed E-state index contributed by atoms with van der Waals surface area (Å²) in [4.78, 5) is 18.5. The molecule has 1 aliphatic heterocycles.